The third-order valence-corrected chi connectivity index (χ3v) is 3.48. The number of anilines is 2. The fourth-order valence-corrected chi connectivity index (χ4v) is 2.60. The van der Waals surface area contributed by atoms with Crippen LogP contribution in [0, 0.1) is 10.1 Å². The van der Waals surface area contributed by atoms with Gasteiger partial charge in [-0.2, -0.15) is 4.98 Å². The first kappa shape index (κ1) is 13.7. The summed E-state index contributed by atoms with van der Waals surface area (Å²) in [7, 11) is 0. The molecule has 1 atom stereocenters. The number of nitro benzene ring substituents is 1. The van der Waals surface area contributed by atoms with Crippen molar-refractivity contribution in [3.8, 4) is 0 Å². The highest BCUT2D eigenvalue weighted by atomic mass is 16.6. The van der Waals surface area contributed by atoms with Crippen molar-refractivity contribution >= 4 is 23.4 Å². The highest BCUT2D eigenvalue weighted by molar-refractivity contribution is 5.94. The van der Waals surface area contributed by atoms with Crippen molar-refractivity contribution in [2.45, 2.75) is 12.3 Å². The Labute approximate surface area is 123 Å². The van der Waals surface area contributed by atoms with Crippen LogP contribution in [-0.2, 0) is 4.79 Å². The summed E-state index contributed by atoms with van der Waals surface area (Å²) in [6.45, 7) is 0. The second-order valence-electron chi connectivity index (χ2n) is 4.83. The van der Waals surface area contributed by atoms with E-state index < -0.39 is 16.4 Å². The van der Waals surface area contributed by atoms with E-state index in [0.717, 1.165) is 0 Å². The molecule has 0 radical (unpaired) electrons. The number of hydrogen-bond donors (Lipinski definition) is 3. The summed E-state index contributed by atoms with van der Waals surface area (Å²) in [6, 6.07) is 6.01. The quantitative estimate of drug-likeness (QED) is 0.551. The van der Waals surface area contributed by atoms with Gasteiger partial charge in [-0.15, -0.1) is 0 Å². The molecule has 22 heavy (non-hydrogen) atoms. The van der Waals surface area contributed by atoms with E-state index in [1.165, 1.54) is 18.2 Å². The van der Waals surface area contributed by atoms with Crippen molar-refractivity contribution in [3.05, 3.63) is 55.9 Å². The standard InChI is InChI=1S/C13H11N5O4/c14-13-16-11-10(12(20)17-13)7(5-9(19)15-11)6-3-1-2-4-8(6)18(21)22/h1-4,7H,5H2,(H4,14,15,16,17,19,20). The third-order valence-electron chi connectivity index (χ3n) is 3.48. The summed E-state index contributed by atoms with van der Waals surface area (Å²) in [4.78, 5) is 40.9. The summed E-state index contributed by atoms with van der Waals surface area (Å²) < 4.78 is 0. The van der Waals surface area contributed by atoms with E-state index in [-0.39, 0.29) is 35.3 Å². The molecule has 0 saturated carbocycles. The number of nitrogens with zero attached hydrogens (tertiary/aromatic N) is 2. The van der Waals surface area contributed by atoms with Crippen molar-refractivity contribution in [1.82, 2.24) is 9.97 Å². The molecule has 2 aromatic rings. The van der Waals surface area contributed by atoms with Crippen LogP contribution >= 0.6 is 0 Å². The first-order valence-corrected chi connectivity index (χ1v) is 6.40. The SMILES string of the molecule is Nc1nc2c(c(=O)[nH]1)C(c1ccccc1[N+](=O)[O-])CC(=O)N2. The van der Waals surface area contributed by atoms with Crippen molar-refractivity contribution in [3.63, 3.8) is 0 Å². The zero-order valence-corrected chi connectivity index (χ0v) is 11.2. The molecule has 0 fully saturated rings. The molecule has 0 spiro atoms. The molecule has 1 aromatic heterocycles. The topological polar surface area (TPSA) is 144 Å². The molecule has 0 saturated heterocycles. The number of nitro groups is 1. The molecular formula is C13H11N5O4. The Morgan fingerprint density at radius 3 is 2.77 bits per heavy atom. The summed E-state index contributed by atoms with van der Waals surface area (Å²) in [5.74, 6) is -1.22. The van der Waals surface area contributed by atoms with Gasteiger partial charge in [-0.1, -0.05) is 18.2 Å². The number of rotatable bonds is 2. The largest absolute Gasteiger partial charge is 0.369 e. The first-order valence-electron chi connectivity index (χ1n) is 6.40. The van der Waals surface area contributed by atoms with Crippen molar-refractivity contribution in [1.29, 1.82) is 0 Å². The molecule has 1 unspecified atom stereocenters. The first-order chi connectivity index (χ1) is 10.5. The van der Waals surface area contributed by atoms with Gasteiger partial charge in [0.15, 0.2) is 0 Å². The van der Waals surface area contributed by atoms with Gasteiger partial charge < -0.3 is 11.1 Å². The van der Waals surface area contributed by atoms with E-state index >= 15 is 0 Å². The molecule has 9 nitrogen and oxygen atoms in total. The molecular weight excluding hydrogens is 290 g/mol. The molecule has 112 valence electrons. The number of nitrogen functional groups attached to an aromatic ring is 1. The Bertz CT molecular complexity index is 845. The monoisotopic (exact) mass is 301 g/mol. The molecule has 0 aliphatic carbocycles. The Morgan fingerprint density at radius 2 is 2.05 bits per heavy atom. The average Bonchev–Trinajstić information content (AvgIpc) is 2.45. The van der Waals surface area contributed by atoms with Crippen LogP contribution in [0.5, 0.6) is 0 Å². The summed E-state index contributed by atoms with van der Waals surface area (Å²) >= 11 is 0. The Morgan fingerprint density at radius 1 is 1.32 bits per heavy atom. The maximum absolute atomic E-state index is 12.2. The Kier molecular flexibility index (Phi) is 3.09. The predicted molar refractivity (Wildman–Crippen MR) is 77.5 cm³/mol. The minimum atomic E-state index is -0.748. The van der Waals surface area contributed by atoms with E-state index in [1.807, 2.05) is 0 Å². The van der Waals surface area contributed by atoms with Crippen LogP contribution in [0.2, 0.25) is 0 Å². The number of amides is 1. The highest BCUT2D eigenvalue weighted by Crippen LogP contribution is 2.37. The number of benzene rings is 1. The van der Waals surface area contributed by atoms with Crippen LogP contribution in [0.15, 0.2) is 29.1 Å². The maximum atomic E-state index is 12.2. The van der Waals surface area contributed by atoms with Gasteiger partial charge in [-0.25, -0.2) is 0 Å². The number of nitrogens with two attached hydrogens (primary N) is 1. The zero-order valence-electron chi connectivity index (χ0n) is 11.2. The number of nitrogens with one attached hydrogen (secondary N) is 2. The Hall–Kier alpha value is -3.23. The maximum Gasteiger partial charge on any atom is 0.273 e. The van der Waals surface area contributed by atoms with E-state index in [9.17, 15) is 19.7 Å². The number of hydrogen-bond acceptors (Lipinski definition) is 6. The van der Waals surface area contributed by atoms with E-state index in [1.54, 1.807) is 6.07 Å². The number of para-hydroxylation sites is 1. The zero-order chi connectivity index (χ0) is 15.9. The minimum Gasteiger partial charge on any atom is -0.369 e. The van der Waals surface area contributed by atoms with Gasteiger partial charge in [-0.05, 0) is 0 Å². The molecule has 2 heterocycles. The number of aromatic amines is 1. The predicted octanol–water partition coefficient (Wildman–Crippen LogP) is 0.734. The van der Waals surface area contributed by atoms with Gasteiger partial charge >= 0.3 is 0 Å². The Balaban J connectivity index is 2.25. The van der Waals surface area contributed by atoms with Gasteiger partial charge in [0, 0.05) is 24.0 Å². The van der Waals surface area contributed by atoms with Crippen LogP contribution in [0.1, 0.15) is 23.5 Å². The molecule has 0 bridgehead atoms. The lowest BCUT2D eigenvalue weighted by molar-refractivity contribution is -0.385. The summed E-state index contributed by atoms with van der Waals surface area (Å²) in [5.41, 5.74) is 5.25. The normalized spacial score (nSPS) is 16.7. The smallest absolute Gasteiger partial charge is 0.273 e. The third kappa shape index (κ3) is 2.18. The highest BCUT2D eigenvalue weighted by Gasteiger charge is 2.34. The molecule has 1 aliphatic heterocycles. The number of carbonyl (C=O) groups excluding carboxylic acids is 1. The van der Waals surface area contributed by atoms with Crippen LogP contribution in [0.25, 0.3) is 0 Å². The number of fused-ring (bicyclic) bond motifs is 1. The number of aromatic nitrogens is 2. The molecule has 9 heteroatoms. The second kappa shape index (κ2) is 4.95. The van der Waals surface area contributed by atoms with Gasteiger partial charge in [0.05, 0.1) is 10.5 Å². The fraction of sp³-hybridized carbons (Fsp3) is 0.154. The van der Waals surface area contributed by atoms with Crippen molar-refractivity contribution in [2.75, 3.05) is 11.1 Å². The lowest BCUT2D eigenvalue weighted by Gasteiger charge is -2.23. The van der Waals surface area contributed by atoms with Crippen molar-refractivity contribution in [2.24, 2.45) is 0 Å². The van der Waals surface area contributed by atoms with E-state index in [2.05, 4.69) is 15.3 Å². The van der Waals surface area contributed by atoms with Crippen LogP contribution in [0.3, 0.4) is 0 Å². The second-order valence-corrected chi connectivity index (χ2v) is 4.83. The number of H-pyrrole nitrogens is 1. The summed E-state index contributed by atoms with van der Waals surface area (Å²) in [5, 5.41) is 13.7. The van der Waals surface area contributed by atoms with E-state index in [0.29, 0.717) is 5.56 Å². The summed E-state index contributed by atoms with van der Waals surface area (Å²) in [6.07, 6.45) is -0.0769. The van der Waals surface area contributed by atoms with Gasteiger partial charge in [0.25, 0.3) is 11.2 Å². The van der Waals surface area contributed by atoms with Crippen LogP contribution in [-0.4, -0.2) is 20.8 Å². The van der Waals surface area contributed by atoms with Crippen LogP contribution < -0.4 is 16.6 Å². The molecule has 1 aliphatic rings. The molecule has 1 aromatic carbocycles. The fourth-order valence-electron chi connectivity index (χ4n) is 2.60. The average molecular weight is 301 g/mol. The molecule has 4 N–H and O–H groups in total. The van der Waals surface area contributed by atoms with Gasteiger partial charge in [0.2, 0.25) is 11.9 Å². The minimum absolute atomic E-state index is 0.0423. The van der Waals surface area contributed by atoms with Gasteiger partial charge in [-0.3, -0.25) is 24.7 Å². The number of carbonyl (C=O) groups is 1. The lowest BCUT2D eigenvalue weighted by atomic mass is 9.86. The van der Waals surface area contributed by atoms with E-state index in [4.69, 9.17) is 5.73 Å². The van der Waals surface area contributed by atoms with Gasteiger partial charge in [0.1, 0.15) is 5.82 Å². The molecule has 3 rings (SSSR count). The molecule has 1 amide bonds. The van der Waals surface area contributed by atoms with Crippen molar-refractivity contribution < 1.29 is 9.72 Å². The lowest BCUT2D eigenvalue weighted by Crippen LogP contribution is -2.31. The van der Waals surface area contributed by atoms with Crippen LogP contribution in [0.4, 0.5) is 17.5 Å².